The molecule has 0 saturated carbocycles. The molecule has 53 heavy (non-hydrogen) atoms. The lowest BCUT2D eigenvalue weighted by atomic mass is 9.92. The van der Waals surface area contributed by atoms with Crippen LogP contribution in [-0.2, 0) is 28.7 Å². The van der Waals surface area contributed by atoms with Crippen LogP contribution in [0.15, 0.2) is 5.38 Å². The van der Waals surface area contributed by atoms with Crippen LogP contribution in [-0.4, -0.2) is 120 Å². The molecule has 14 heteroatoms. The highest BCUT2D eigenvalue weighted by Gasteiger charge is 2.39. The Morgan fingerprint density at radius 1 is 0.868 bits per heavy atom. The number of carbonyl (C=O) groups is 5. The lowest BCUT2D eigenvalue weighted by molar-refractivity contribution is -0.157. The van der Waals surface area contributed by atoms with E-state index in [1.165, 1.54) is 11.3 Å². The lowest BCUT2D eigenvalue weighted by Gasteiger charge is -2.38. The number of esters is 2. The number of aromatic nitrogens is 1. The van der Waals surface area contributed by atoms with Gasteiger partial charge in [-0.25, -0.2) is 14.6 Å². The largest absolute Gasteiger partial charge is 0.461 e. The van der Waals surface area contributed by atoms with Gasteiger partial charge < -0.3 is 25.0 Å². The Balaban J connectivity index is 1.93. The smallest absolute Gasteiger partial charge is 0.357 e. The number of likely N-dealkylation sites (N-methyl/N-ethyl adjacent to an activating group) is 3. The van der Waals surface area contributed by atoms with Gasteiger partial charge in [0.15, 0.2) is 11.8 Å². The van der Waals surface area contributed by atoms with Crippen molar-refractivity contribution in [1.82, 2.24) is 30.3 Å². The van der Waals surface area contributed by atoms with Gasteiger partial charge in [0.25, 0.3) is 0 Å². The second-order valence-electron chi connectivity index (χ2n) is 15.4. The van der Waals surface area contributed by atoms with Crippen molar-refractivity contribution in [1.29, 1.82) is 0 Å². The predicted octanol–water partition coefficient (Wildman–Crippen LogP) is 4.81. The number of likely N-dealkylation sites (tertiary alicyclic amines) is 2. The average Bonchev–Trinajstić information content (AvgIpc) is 3.64. The first-order chi connectivity index (χ1) is 25.1. The number of nitrogens with zero attached hydrogens (tertiary/aromatic N) is 4. The van der Waals surface area contributed by atoms with E-state index >= 15 is 0 Å². The number of amides is 3. The van der Waals surface area contributed by atoms with Crippen molar-refractivity contribution >= 4 is 41.0 Å². The quantitative estimate of drug-likeness (QED) is 0.200. The van der Waals surface area contributed by atoms with Crippen LogP contribution in [0.4, 0.5) is 0 Å². The van der Waals surface area contributed by atoms with Crippen LogP contribution in [0.1, 0.15) is 128 Å². The first-order valence-corrected chi connectivity index (χ1v) is 20.6. The summed E-state index contributed by atoms with van der Waals surface area (Å²) in [5, 5.41) is 8.09. The number of hydrogen-bond acceptors (Lipinski definition) is 11. The van der Waals surface area contributed by atoms with Gasteiger partial charge in [0.05, 0.1) is 18.7 Å². The van der Waals surface area contributed by atoms with E-state index in [4.69, 9.17) is 9.47 Å². The molecule has 1 unspecified atom stereocenters. The Hall–Kier alpha value is -3.10. The minimum absolute atomic E-state index is 0.0840. The average molecular weight is 763 g/mol. The Bertz CT molecular complexity index is 1370. The van der Waals surface area contributed by atoms with Crippen LogP contribution in [0.2, 0.25) is 0 Å². The molecule has 0 radical (unpaired) electrons. The SMILES string of the molecule is CCOC(=O)c1csc([C@@H](C[C@H](C(C)C)N(C)C(=O)[C@@H](NC(=O)[C@H]2CCCCN2C)[C@@H](C)CC)OC(=O)[C@H](NC(=O)C2CCCCN2C)[C@@H](C)CC)n1. The predicted molar refractivity (Wildman–Crippen MR) is 206 cm³/mol. The Kier molecular flexibility index (Phi) is 17.6. The zero-order valence-electron chi connectivity index (χ0n) is 33.8. The molecule has 300 valence electrons. The van der Waals surface area contributed by atoms with Crippen LogP contribution in [0.3, 0.4) is 0 Å². The fourth-order valence-electron chi connectivity index (χ4n) is 7.29. The van der Waals surface area contributed by atoms with Gasteiger partial charge >= 0.3 is 11.9 Å². The molecule has 2 N–H and O–H groups in total. The monoisotopic (exact) mass is 762 g/mol. The highest BCUT2D eigenvalue weighted by molar-refractivity contribution is 7.09. The summed E-state index contributed by atoms with van der Waals surface area (Å²) in [7, 11) is 5.60. The number of piperidine rings is 2. The molecule has 2 aliphatic rings. The van der Waals surface area contributed by atoms with E-state index in [-0.39, 0.29) is 66.3 Å². The van der Waals surface area contributed by atoms with E-state index in [1.54, 1.807) is 24.3 Å². The third-order valence-electron chi connectivity index (χ3n) is 11.3. The number of ether oxygens (including phenoxy) is 2. The molecule has 3 heterocycles. The highest BCUT2D eigenvalue weighted by Crippen LogP contribution is 2.32. The molecular formula is C39H66N6O7S. The molecule has 1 aromatic rings. The first-order valence-electron chi connectivity index (χ1n) is 19.8. The molecule has 2 fully saturated rings. The number of nitrogens with one attached hydrogen (secondary N) is 2. The second kappa shape index (κ2) is 21.1. The molecule has 3 amide bonds. The summed E-state index contributed by atoms with van der Waals surface area (Å²) >= 11 is 1.18. The minimum Gasteiger partial charge on any atom is -0.461 e. The third kappa shape index (κ3) is 11.9. The summed E-state index contributed by atoms with van der Waals surface area (Å²) in [5.74, 6) is -2.17. The van der Waals surface area contributed by atoms with Gasteiger partial charge in [-0.15, -0.1) is 11.3 Å². The van der Waals surface area contributed by atoms with Gasteiger partial charge in [-0.2, -0.15) is 0 Å². The van der Waals surface area contributed by atoms with Crippen molar-refractivity contribution < 1.29 is 33.4 Å². The standard InChI is InChI=1S/C39H66N6O7S/c1-11-25(6)32(41-34(46)28-18-14-16-20-43(28)8)37(48)45(10)30(24(4)5)22-31(36-40-27(23-53-36)38(49)51-13-3)52-39(50)33(26(7)12-2)42-35(47)29-19-15-17-21-44(29)9/h23-26,28-33H,11-22H2,1-10H3,(H,41,46)(H,42,47)/t25-,26-,28+,29?,30+,31+,32-,33+/m0/s1. The first kappa shape index (κ1) is 44.3. The van der Waals surface area contributed by atoms with E-state index in [9.17, 15) is 24.0 Å². The van der Waals surface area contributed by atoms with Crippen LogP contribution in [0.5, 0.6) is 0 Å². The van der Waals surface area contributed by atoms with Gasteiger partial charge in [-0.05, 0) is 77.5 Å². The van der Waals surface area contributed by atoms with E-state index < -0.39 is 36.2 Å². The Labute approximate surface area is 321 Å². The van der Waals surface area contributed by atoms with E-state index in [2.05, 4.69) is 20.5 Å². The summed E-state index contributed by atoms with van der Waals surface area (Å²) in [6.45, 7) is 15.4. The van der Waals surface area contributed by atoms with E-state index in [1.807, 2.05) is 60.5 Å². The van der Waals surface area contributed by atoms with Gasteiger partial charge in [0.1, 0.15) is 17.1 Å². The fraction of sp³-hybridized carbons (Fsp3) is 0.795. The zero-order valence-corrected chi connectivity index (χ0v) is 34.6. The maximum absolute atomic E-state index is 14.4. The second-order valence-corrected chi connectivity index (χ2v) is 16.3. The molecule has 1 aromatic heterocycles. The lowest BCUT2D eigenvalue weighted by Crippen LogP contribution is -2.58. The van der Waals surface area contributed by atoms with Crippen LogP contribution < -0.4 is 10.6 Å². The van der Waals surface area contributed by atoms with Crippen molar-refractivity contribution in [3.8, 4) is 0 Å². The van der Waals surface area contributed by atoms with Crippen molar-refractivity contribution in [3.63, 3.8) is 0 Å². The maximum Gasteiger partial charge on any atom is 0.357 e. The van der Waals surface area contributed by atoms with Crippen LogP contribution >= 0.6 is 11.3 Å². The van der Waals surface area contributed by atoms with Crippen LogP contribution in [0, 0.1) is 17.8 Å². The summed E-state index contributed by atoms with van der Waals surface area (Å²) in [5.41, 5.74) is 0.109. The summed E-state index contributed by atoms with van der Waals surface area (Å²) < 4.78 is 11.5. The van der Waals surface area contributed by atoms with Crippen molar-refractivity contribution in [3.05, 3.63) is 16.1 Å². The molecular weight excluding hydrogens is 697 g/mol. The highest BCUT2D eigenvalue weighted by atomic mass is 32.1. The molecule has 2 saturated heterocycles. The summed E-state index contributed by atoms with van der Waals surface area (Å²) in [4.78, 5) is 78.5. The van der Waals surface area contributed by atoms with Crippen molar-refractivity contribution in [2.75, 3.05) is 40.8 Å². The molecule has 0 aromatic carbocycles. The van der Waals surface area contributed by atoms with E-state index in [0.717, 1.165) is 51.6 Å². The Morgan fingerprint density at radius 2 is 1.40 bits per heavy atom. The van der Waals surface area contributed by atoms with Crippen molar-refractivity contribution in [2.24, 2.45) is 17.8 Å². The molecule has 2 aliphatic heterocycles. The van der Waals surface area contributed by atoms with Crippen LogP contribution in [0.25, 0.3) is 0 Å². The van der Waals surface area contributed by atoms with Crippen molar-refractivity contribution in [2.45, 2.75) is 143 Å². The zero-order chi connectivity index (χ0) is 39.4. The maximum atomic E-state index is 14.4. The number of rotatable bonds is 18. The molecule has 13 nitrogen and oxygen atoms in total. The fourth-order valence-corrected chi connectivity index (χ4v) is 8.12. The van der Waals surface area contributed by atoms with Gasteiger partial charge in [0.2, 0.25) is 17.7 Å². The number of hydrogen-bond donors (Lipinski definition) is 2. The molecule has 8 atom stereocenters. The number of thiazole rings is 1. The van der Waals surface area contributed by atoms with E-state index in [0.29, 0.717) is 17.8 Å². The molecule has 0 spiro atoms. The Morgan fingerprint density at radius 3 is 1.89 bits per heavy atom. The molecule has 0 bridgehead atoms. The normalized spacial score (nSPS) is 21.8. The molecule has 3 rings (SSSR count). The summed E-state index contributed by atoms with van der Waals surface area (Å²) in [6, 6.07) is -2.70. The third-order valence-corrected chi connectivity index (χ3v) is 12.2. The van der Waals surface area contributed by atoms with Gasteiger partial charge in [-0.3, -0.25) is 24.2 Å². The molecule has 0 aliphatic carbocycles. The number of carbonyl (C=O) groups excluding carboxylic acids is 5. The van der Waals surface area contributed by atoms with Gasteiger partial charge in [-0.1, -0.05) is 67.2 Å². The van der Waals surface area contributed by atoms with Gasteiger partial charge in [0, 0.05) is 24.9 Å². The minimum atomic E-state index is -0.938. The summed E-state index contributed by atoms with van der Waals surface area (Å²) in [6.07, 6.45) is 6.00. The topological polar surface area (TPSA) is 150 Å².